The van der Waals surface area contributed by atoms with Gasteiger partial charge in [0.2, 0.25) is 6.23 Å². The van der Waals surface area contributed by atoms with Crippen LogP contribution in [0.1, 0.15) is 22.3 Å². The van der Waals surface area contributed by atoms with Crippen LogP contribution in [0.5, 0.6) is 5.75 Å². The number of ether oxygens (including phenoxy) is 1. The number of nitrogens with one attached hydrogen (secondary N) is 2. The number of rotatable bonds is 5. The third-order valence-electron chi connectivity index (χ3n) is 4.07. The van der Waals surface area contributed by atoms with E-state index in [2.05, 4.69) is 25.9 Å². The van der Waals surface area contributed by atoms with E-state index in [-0.39, 0.29) is 39.5 Å². The number of aliphatic hydroxyl groups is 1. The van der Waals surface area contributed by atoms with Gasteiger partial charge in [0.1, 0.15) is 5.82 Å². The fourth-order valence-corrected chi connectivity index (χ4v) is 3.29. The number of aromatic nitrogens is 4. The average Bonchev–Trinajstić information content (AvgIpc) is 3.31. The van der Waals surface area contributed by atoms with E-state index in [1.165, 1.54) is 23.0 Å². The molecule has 0 radical (unpaired) electrons. The molecule has 4 rings (SSSR count). The van der Waals surface area contributed by atoms with Crippen LogP contribution >= 0.6 is 23.2 Å². The molecule has 0 bridgehead atoms. The Morgan fingerprint density at radius 3 is 3.00 bits per heavy atom. The highest BCUT2D eigenvalue weighted by atomic mass is 35.5. The molecule has 3 aromatic rings. The highest BCUT2D eigenvalue weighted by Gasteiger charge is 2.31. The first-order valence-electron chi connectivity index (χ1n) is 8.35. The number of fused-ring (bicyclic) bond motifs is 1. The van der Waals surface area contributed by atoms with Crippen LogP contribution in [0.4, 0.5) is 15.9 Å². The number of anilines is 2. The van der Waals surface area contributed by atoms with Crippen LogP contribution in [0.15, 0.2) is 30.6 Å². The summed E-state index contributed by atoms with van der Waals surface area (Å²) in [7, 11) is 0. The van der Waals surface area contributed by atoms with Gasteiger partial charge >= 0.3 is 0 Å². The van der Waals surface area contributed by atoms with Gasteiger partial charge in [-0.1, -0.05) is 23.2 Å². The van der Waals surface area contributed by atoms with Gasteiger partial charge < -0.3 is 20.5 Å². The third-order valence-corrected chi connectivity index (χ3v) is 4.78. The summed E-state index contributed by atoms with van der Waals surface area (Å²) in [6.07, 6.45) is 2.12. The minimum atomic E-state index is -0.884. The van der Waals surface area contributed by atoms with Crippen LogP contribution in [0.2, 0.25) is 10.0 Å². The third kappa shape index (κ3) is 3.82. The normalized spacial score (nSPS) is 14.8. The Kier molecular flexibility index (Phi) is 5.22. The van der Waals surface area contributed by atoms with Gasteiger partial charge in [-0.2, -0.15) is 5.10 Å². The number of benzene rings is 1. The van der Waals surface area contributed by atoms with Crippen molar-refractivity contribution in [2.45, 2.75) is 12.8 Å². The van der Waals surface area contributed by atoms with Gasteiger partial charge in [-0.3, -0.25) is 9.48 Å². The molecule has 0 saturated heterocycles. The summed E-state index contributed by atoms with van der Waals surface area (Å²) in [5.41, 5.74) is 0.646. The number of nitrogens with zero attached hydrogens (tertiary/aromatic N) is 4. The van der Waals surface area contributed by atoms with E-state index in [0.29, 0.717) is 12.2 Å². The van der Waals surface area contributed by atoms with Gasteiger partial charge in [0.15, 0.2) is 17.3 Å². The van der Waals surface area contributed by atoms with Crippen molar-refractivity contribution in [3.8, 4) is 5.75 Å². The Labute approximate surface area is 173 Å². The van der Waals surface area contributed by atoms with Crippen LogP contribution in [0.3, 0.4) is 0 Å². The van der Waals surface area contributed by atoms with E-state index in [4.69, 9.17) is 33.0 Å². The molecular weight excluding hydrogens is 426 g/mol. The number of amides is 1. The molecule has 29 heavy (non-hydrogen) atoms. The molecule has 1 unspecified atom stereocenters. The zero-order valence-electron chi connectivity index (χ0n) is 14.6. The van der Waals surface area contributed by atoms with Crippen LogP contribution < -0.4 is 15.4 Å². The second-order valence-electron chi connectivity index (χ2n) is 6.01. The molecule has 2 aromatic heterocycles. The number of hydrogen-bond acceptors (Lipinski definition) is 7. The number of carbonyl (C=O) groups excluding carboxylic acids is 1. The van der Waals surface area contributed by atoms with Gasteiger partial charge in [-0.25, -0.2) is 4.39 Å². The molecule has 1 aromatic carbocycles. The molecule has 1 aliphatic heterocycles. The van der Waals surface area contributed by atoms with Crippen molar-refractivity contribution in [2.24, 2.45) is 0 Å². The predicted molar refractivity (Wildman–Crippen MR) is 103 cm³/mol. The summed E-state index contributed by atoms with van der Waals surface area (Å²) >= 11 is 12.1. The summed E-state index contributed by atoms with van der Waals surface area (Å²) in [5, 5.41) is 26.3. The Balaban J connectivity index is 1.52. The van der Waals surface area contributed by atoms with Crippen LogP contribution in [0, 0.1) is 5.82 Å². The predicted octanol–water partition coefficient (Wildman–Crippen LogP) is 2.87. The van der Waals surface area contributed by atoms with Crippen molar-refractivity contribution in [3.05, 3.63) is 57.7 Å². The number of carbonyl (C=O) groups is 1. The molecule has 12 heteroatoms. The Hall–Kier alpha value is -2.95. The van der Waals surface area contributed by atoms with E-state index >= 15 is 0 Å². The lowest BCUT2D eigenvalue weighted by Crippen LogP contribution is -2.14. The van der Waals surface area contributed by atoms with Gasteiger partial charge in [-0.05, 0) is 12.1 Å². The van der Waals surface area contributed by atoms with E-state index in [1.807, 2.05) is 0 Å². The molecule has 0 aliphatic carbocycles. The molecule has 0 saturated carbocycles. The van der Waals surface area contributed by atoms with Gasteiger partial charge in [0, 0.05) is 12.3 Å². The molecule has 3 heterocycles. The first kappa shape index (κ1) is 19.4. The number of aliphatic hydroxyl groups excluding tert-OH is 1. The quantitative estimate of drug-likeness (QED) is 0.524. The minimum Gasteiger partial charge on any atom is -0.462 e. The molecule has 3 N–H and O–H groups in total. The summed E-state index contributed by atoms with van der Waals surface area (Å²) in [4.78, 5) is 12.4. The SMILES string of the molecule is O=C(Nc1cnn(CCO)c1)c1cc2c(nn1)NC(c1c(Cl)ccc(F)c1Cl)O2. The number of halogens is 3. The lowest BCUT2D eigenvalue weighted by atomic mass is 10.2. The summed E-state index contributed by atoms with van der Waals surface area (Å²) < 4.78 is 21.0. The Bertz CT molecular complexity index is 1090. The van der Waals surface area contributed by atoms with E-state index < -0.39 is 18.0 Å². The minimum absolute atomic E-state index is 0.00227. The van der Waals surface area contributed by atoms with Crippen molar-refractivity contribution in [1.82, 2.24) is 20.0 Å². The fraction of sp³-hybridized carbons (Fsp3) is 0.176. The molecule has 0 spiro atoms. The molecule has 0 fully saturated rings. The molecule has 1 amide bonds. The highest BCUT2D eigenvalue weighted by Crippen LogP contribution is 2.41. The first-order chi connectivity index (χ1) is 14.0. The van der Waals surface area contributed by atoms with Crippen molar-refractivity contribution in [1.29, 1.82) is 0 Å². The van der Waals surface area contributed by atoms with Crippen LogP contribution in [0.25, 0.3) is 0 Å². The number of hydrogen-bond donors (Lipinski definition) is 3. The Morgan fingerprint density at radius 1 is 1.38 bits per heavy atom. The largest absolute Gasteiger partial charge is 0.462 e. The van der Waals surface area contributed by atoms with E-state index in [1.54, 1.807) is 6.20 Å². The molecular formula is C17H13Cl2FN6O3. The maximum atomic E-state index is 13.8. The van der Waals surface area contributed by atoms with Crippen molar-refractivity contribution in [2.75, 3.05) is 17.2 Å². The fourth-order valence-electron chi connectivity index (χ4n) is 2.72. The first-order valence-corrected chi connectivity index (χ1v) is 9.11. The second kappa shape index (κ2) is 7.82. The van der Waals surface area contributed by atoms with Crippen molar-refractivity contribution in [3.63, 3.8) is 0 Å². The average molecular weight is 439 g/mol. The summed E-state index contributed by atoms with van der Waals surface area (Å²) in [5.74, 6) is -0.667. The zero-order valence-corrected chi connectivity index (χ0v) is 16.1. The lowest BCUT2D eigenvalue weighted by molar-refractivity contribution is 0.102. The van der Waals surface area contributed by atoms with Gasteiger partial charge in [-0.15, -0.1) is 10.2 Å². The maximum Gasteiger partial charge on any atom is 0.276 e. The van der Waals surface area contributed by atoms with E-state index in [9.17, 15) is 9.18 Å². The monoisotopic (exact) mass is 438 g/mol. The summed E-state index contributed by atoms with van der Waals surface area (Å²) in [6.45, 7) is 0.233. The Morgan fingerprint density at radius 2 is 2.21 bits per heavy atom. The molecule has 9 nitrogen and oxygen atoms in total. The van der Waals surface area contributed by atoms with Gasteiger partial charge in [0.05, 0.1) is 40.6 Å². The topological polar surface area (TPSA) is 114 Å². The van der Waals surface area contributed by atoms with Gasteiger partial charge in [0.25, 0.3) is 5.91 Å². The molecule has 1 atom stereocenters. The molecule has 150 valence electrons. The standard InChI is InChI=1S/C17H13Cl2FN6O3/c18-9-1-2-10(20)14(19)13(9)17-23-15-12(29-17)5-11(24-25-15)16(28)22-8-6-21-26(7-8)3-4-27/h1-2,5-7,17,27H,3-4H2,(H,22,28)(H,23,25). The van der Waals surface area contributed by atoms with Crippen molar-refractivity contribution >= 4 is 40.6 Å². The van der Waals surface area contributed by atoms with Crippen molar-refractivity contribution < 1.29 is 19.0 Å². The zero-order chi connectivity index (χ0) is 20.5. The maximum absolute atomic E-state index is 13.8. The van der Waals surface area contributed by atoms with Crippen LogP contribution in [-0.4, -0.2) is 37.6 Å². The van der Waals surface area contributed by atoms with Crippen LogP contribution in [-0.2, 0) is 6.54 Å². The second-order valence-corrected chi connectivity index (χ2v) is 6.80. The lowest BCUT2D eigenvalue weighted by Gasteiger charge is -2.15. The molecule has 1 aliphatic rings. The smallest absolute Gasteiger partial charge is 0.276 e. The van der Waals surface area contributed by atoms with E-state index in [0.717, 1.165) is 6.07 Å². The summed E-state index contributed by atoms with van der Waals surface area (Å²) in [6, 6.07) is 3.92. The highest BCUT2D eigenvalue weighted by molar-refractivity contribution is 6.36.